The van der Waals surface area contributed by atoms with E-state index >= 15 is 0 Å². The standard InChI is InChI=1S/C10H12N2O3S/c1-2-3-5-4-12-8(13)6(11)9(12)16-7(5)10(14)15/h2-4,6-7,9H,11H2,1H3,(H,14,15)/t6?,7?,9-/m1/s1. The number of thioether (sulfide) groups is 1. The van der Waals surface area contributed by atoms with Crippen molar-refractivity contribution in [2.24, 2.45) is 5.73 Å². The smallest absolute Gasteiger partial charge is 0.321 e. The van der Waals surface area contributed by atoms with Gasteiger partial charge in [0, 0.05) is 6.20 Å². The minimum Gasteiger partial charge on any atom is -0.480 e. The van der Waals surface area contributed by atoms with Crippen LogP contribution in [0.4, 0.5) is 0 Å². The van der Waals surface area contributed by atoms with Gasteiger partial charge in [0.15, 0.2) is 0 Å². The molecule has 2 aliphatic heterocycles. The van der Waals surface area contributed by atoms with Crippen LogP contribution in [-0.4, -0.2) is 38.5 Å². The molecule has 1 saturated heterocycles. The van der Waals surface area contributed by atoms with Crippen LogP contribution in [0.25, 0.3) is 0 Å². The second-order valence-corrected chi connectivity index (χ2v) is 4.87. The number of carboxylic acids is 1. The average Bonchev–Trinajstić information content (AvgIpc) is 2.27. The Balaban J connectivity index is 2.30. The minimum atomic E-state index is -0.902. The zero-order chi connectivity index (χ0) is 11.9. The van der Waals surface area contributed by atoms with Gasteiger partial charge in [-0.25, -0.2) is 0 Å². The Morgan fingerprint density at radius 2 is 2.38 bits per heavy atom. The molecule has 0 aromatic rings. The Hall–Kier alpha value is -1.27. The van der Waals surface area contributed by atoms with Crippen molar-refractivity contribution in [1.82, 2.24) is 4.90 Å². The maximum atomic E-state index is 11.4. The third-order valence-corrected chi connectivity index (χ3v) is 4.12. The normalized spacial score (nSPS) is 33.4. The number of fused-ring (bicyclic) bond motifs is 1. The van der Waals surface area contributed by atoms with Gasteiger partial charge in [0.2, 0.25) is 5.91 Å². The van der Waals surface area contributed by atoms with Crippen molar-refractivity contribution >= 4 is 23.6 Å². The molecular weight excluding hydrogens is 228 g/mol. The van der Waals surface area contributed by atoms with E-state index in [9.17, 15) is 9.59 Å². The average molecular weight is 240 g/mol. The first-order chi connectivity index (χ1) is 7.56. The zero-order valence-corrected chi connectivity index (χ0v) is 9.48. The fourth-order valence-corrected chi connectivity index (χ4v) is 3.04. The highest BCUT2D eigenvalue weighted by atomic mass is 32.2. The van der Waals surface area contributed by atoms with Gasteiger partial charge in [-0.1, -0.05) is 12.2 Å². The molecule has 2 rings (SSSR count). The Morgan fingerprint density at radius 1 is 1.69 bits per heavy atom. The third-order valence-electron chi connectivity index (χ3n) is 2.57. The number of carbonyl (C=O) groups excluding carboxylic acids is 1. The topological polar surface area (TPSA) is 83.6 Å². The molecule has 2 aliphatic rings. The monoisotopic (exact) mass is 240 g/mol. The Bertz CT molecular complexity index is 405. The number of aliphatic carboxylic acids is 1. The number of carbonyl (C=O) groups is 2. The van der Waals surface area contributed by atoms with Gasteiger partial charge in [-0.2, -0.15) is 0 Å². The molecule has 6 heteroatoms. The van der Waals surface area contributed by atoms with Gasteiger partial charge in [-0.05, 0) is 12.5 Å². The van der Waals surface area contributed by atoms with E-state index in [4.69, 9.17) is 10.8 Å². The fraction of sp³-hybridized carbons (Fsp3) is 0.400. The van der Waals surface area contributed by atoms with Gasteiger partial charge in [0.25, 0.3) is 0 Å². The van der Waals surface area contributed by atoms with Crippen molar-refractivity contribution in [1.29, 1.82) is 0 Å². The molecule has 0 bridgehead atoms. The van der Waals surface area contributed by atoms with E-state index in [1.807, 2.05) is 0 Å². The van der Waals surface area contributed by atoms with Gasteiger partial charge in [-0.15, -0.1) is 11.8 Å². The molecule has 0 saturated carbocycles. The molecule has 3 N–H and O–H groups in total. The zero-order valence-electron chi connectivity index (χ0n) is 8.66. The summed E-state index contributed by atoms with van der Waals surface area (Å²) in [6, 6.07) is -0.574. The number of nitrogens with two attached hydrogens (primary N) is 1. The molecule has 0 radical (unpaired) electrons. The van der Waals surface area contributed by atoms with E-state index in [1.54, 1.807) is 25.3 Å². The van der Waals surface area contributed by atoms with E-state index in [2.05, 4.69) is 0 Å². The number of nitrogens with zero attached hydrogens (tertiary/aromatic N) is 1. The summed E-state index contributed by atoms with van der Waals surface area (Å²) < 4.78 is 0. The molecule has 5 nitrogen and oxygen atoms in total. The molecule has 86 valence electrons. The summed E-state index contributed by atoms with van der Waals surface area (Å²) in [6.07, 6.45) is 5.05. The van der Waals surface area contributed by atoms with E-state index in [1.165, 1.54) is 16.7 Å². The van der Waals surface area contributed by atoms with Crippen LogP contribution >= 0.6 is 11.8 Å². The molecular formula is C10H12N2O3S. The number of rotatable bonds is 2. The first kappa shape index (κ1) is 11.2. The van der Waals surface area contributed by atoms with Crippen LogP contribution in [-0.2, 0) is 9.59 Å². The lowest BCUT2D eigenvalue weighted by atomic mass is 10.1. The van der Waals surface area contributed by atoms with Gasteiger partial charge in [0.05, 0.1) is 0 Å². The van der Waals surface area contributed by atoms with Crippen molar-refractivity contribution in [3.8, 4) is 0 Å². The van der Waals surface area contributed by atoms with E-state index in [0.29, 0.717) is 5.57 Å². The van der Waals surface area contributed by atoms with Crippen LogP contribution in [0.3, 0.4) is 0 Å². The first-order valence-corrected chi connectivity index (χ1v) is 5.81. The Kier molecular flexibility index (Phi) is 2.77. The van der Waals surface area contributed by atoms with Crippen molar-refractivity contribution in [3.63, 3.8) is 0 Å². The van der Waals surface area contributed by atoms with Crippen molar-refractivity contribution in [2.45, 2.75) is 23.6 Å². The summed E-state index contributed by atoms with van der Waals surface area (Å²) in [4.78, 5) is 24.0. The van der Waals surface area contributed by atoms with E-state index in [0.717, 1.165) is 0 Å². The molecule has 2 unspecified atom stereocenters. The summed E-state index contributed by atoms with van der Waals surface area (Å²) in [5, 5.41) is 8.20. The second-order valence-electron chi connectivity index (χ2n) is 3.65. The van der Waals surface area contributed by atoms with Crippen molar-refractivity contribution < 1.29 is 14.7 Å². The molecule has 3 atom stereocenters. The van der Waals surface area contributed by atoms with Crippen LogP contribution in [0.15, 0.2) is 23.9 Å². The molecule has 0 spiro atoms. The van der Waals surface area contributed by atoms with Crippen LogP contribution in [0.5, 0.6) is 0 Å². The predicted octanol–water partition coefficient (Wildman–Crippen LogP) is 0.142. The lowest BCUT2D eigenvalue weighted by Crippen LogP contribution is -2.66. The Morgan fingerprint density at radius 3 is 2.94 bits per heavy atom. The van der Waals surface area contributed by atoms with Crippen LogP contribution < -0.4 is 5.73 Å². The molecule has 2 heterocycles. The van der Waals surface area contributed by atoms with Crippen LogP contribution in [0.2, 0.25) is 0 Å². The van der Waals surface area contributed by atoms with E-state index < -0.39 is 17.3 Å². The molecule has 0 aliphatic carbocycles. The lowest BCUT2D eigenvalue weighted by molar-refractivity contribution is -0.141. The highest BCUT2D eigenvalue weighted by Crippen LogP contribution is 2.40. The number of hydrogen-bond acceptors (Lipinski definition) is 4. The Labute approximate surface area is 97.0 Å². The van der Waals surface area contributed by atoms with Gasteiger partial charge < -0.3 is 15.7 Å². The highest BCUT2D eigenvalue weighted by Gasteiger charge is 2.49. The number of β-lactam (4-membered cyclic amide) rings is 1. The summed E-state index contributed by atoms with van der Waals surface area (Å²) in [7, 11) is 0. The minimum absolute atomic E-state index is 0.150. The summed E-state index contributed by atoms with van der Waals surface area (Å²) in [5.74, 6) is -1.05. The van der Waals surface area contributed by atoms with Gasteiger partial charge in [0.1, 0.15) is 16.7 Å². The molecule has 1 fully saturated rings. The number of hydrogen-bond donors (Lipinski definition) is 2. The number of allylic oxidation sites excluding steroid dienone is 2. The van der Waals surface area contributed by atoms with Crippen LogP contribution in [0, 0.1) is 0 Å². The number of carboxylic acid groups (broad SMARTS) is 1. The van der Waals surface area contributed by atoms with Gasteiger partial charge >= 0.3 is 5.97 Å². The first-order valence-electron chi connectivity index (χ1n) is 4.86. The quantitative estimate of drug-likeness (QED) is 0.671. The highest BCUT2D eigenvalue weighted by molar-refractivity contribution is 8.01. The third kappa shape index (κ3) is 1.54. The molecule has 16 heavy (non-hydrogen) atoms. The van der Waals surface area contributed by atoms with E-state index in [-0.39, 0.29) is 11.3 Å². The fourth-order valence-electron chi connectivity index (χ4n) is 1.77. The molecule has 0 aromatic heterocycles. The van der Waals surface area contributed by atoms with Gasteiger partial charge in [-0.3, -0.25) is 9.59 Å². The lowest BCUT2D eigenvalue weighted by Gasteiger charge is -2.46. The van der Waals surface area contributed by atoms with Crippen LogP contribution in [0.1, 0.15) is 6.92 Å². The summed E-state index contributed by atoms with van der Waals surface area (Å²) in [5.41, 5.74) is 6.23. The SMILES string of the molecule is CC=CC1=CN2C(=O)C(N)[C@H]2SC1C(=O)O. The molecule has 0 aromatic carbocycles. The molecule has 1 amide bonds. The van der Waals surface area contributed by atoms with Crippen molar-refractivity contribution in [2.75, 3.05) is 0 Å². The summed E-state index contributed by atoms with van der Waals surface area (Å²) >= 11 is 1.21. The maximum absolute atomic E-state index is 11.4. The number of amides is 1. The van der Waals surface area contributed by atoms with Crippen molar-refractivity contribution in [3.05, 3.63) is 23.9 Å². The largest absolute Gasteiger partial charge is 0.480 e. The predicted molar refractivity (Wildman–Crippen MR) is 60.5 cm³/mol. The second kappa shape index (κ2) is 3.95. The summed E-state index contributed by atoms with van der Waals surface area (Å²) in [6.45, 7) is 1.81. The maximum Gasteiger partial charge on any atom is 0.321 e.